The van der Waals surface area contributed by atoms with Gasteiger partial charge in [0.25, 0.3) is 0 Å². The predicted octanol–water partition coefficient (Wildman–Crippen LogP) is 2.53. The molecule has 0 aliphatic heterocycles. The highest BCUT2D eigenvalue weighted by Gasteiger charge is 2.00. The van der Waals surface area contributed by atoms with E-state index in [-0.39, 0.29) is 0 Å². The molecule has 0 amide bonds. The Labute approximate surface area is 80.5 Å². The van der Waals surface area contributed by atoms with Crippen LogP contribution in [0.4, 0.5) is 0 Å². The summed E-state index contributed by atoms with van der Waals surface area (Å²) < 4.78 is 7.78. The van der Waals surface area contributed by atoms with E-state index in [0.717, 1.165) is 13.2 Å². The maximum Gasteiger partial charge on any atom is 0.0649 e. The molecule has 1 aromatic rings. The molecule has 0 fully saturated rings. The Kier molecular flexibility index (Phi) is 3.55. The molecule has 74 valence electrons. The maximum absolute atomic E-state index is 5.50. The fraction of sp³-hybridized carbons (Fsp3) is 0.636. The molecule has 1 aromatic heterocycles. The van der Waals surface area contributed by atoms with Crippen LogP contribution in [-0.2, 0) is 11.3 Å². The SMILES string of the molecule is Cc1ccc(C)n1CCOC(C)C. The fourth-order valence-electron chi connectivity index (χ4n) is 1.43. The van der Waals surface area contributed by atoms with Crippen molar-refractivity contribution in [1.29, 1.82) is 0 Å². The van der Waals surface area contributed by atoms with Gasteiger partial charge in [-0.05, 0) is 39.8 Å². The zero-order valence-electron chi connectivity index (χ0n) is 9.00. The van der Waals surface area contributed by atoms with Crippen molar-refractivity contribution in [3.05, 3.63) is 23.5 Å². The van der Waals surface area contributed by atoms with Gasteiger partial charge < -0.3 is 9.30 Å². The summed E-state index contributed by atoms with van der Waals surface area (Å²) in [4.78, 5) is 0. The van der Waals surface area contributed by atoms with E-state index < -0.39 is 0 Å². The van der Waals surface area contributed by atoms with Crippen LogP contribution in [0.2, 0.25) is 0 Å². The summed E-state index contributed by atoms with van der Waals surface area (Å²) in [6.45, 7) is 10.1. The molecular formula is C11H19NO. The summed E-state index contributed by atoms with van der Waals surface area (Å²) in [7, 11) is 0. The molecule has 0 aliphatic carbocycles. The first-order valence-corrected chi connectivity index (χ1v) is 4.85. The van der Waals surface area contributed by atoms with Gasteiger partial charge in [0.1, 0.15) is 0 Å². The molecule has 0 radical (unpaired) electrons. The van der Waals surface area contributed by atoms with Gasteiger partial charge in [-0.3, -0.25) is 0 Å². The highest BCUT2D eigenvalue weighted by Crippen LogP contribution is 2.06. The van der Waals surface area contributed by atoms with Gasteiger partial charge in [0.2, 0.25) is 0 Å². The second kappa shape index (κ2) is 4.47. The van der Waals surface area contributed by atoms with Crippen LogP contribution in [0.15, 0.2) is 12.1 Å². The lowest BCUT2D eigenvalue weighted by atomic mass is 10.4. The topological polar surface area (TPSA) is 14.2 Å². The van der Waals surface area contributed by atoms with Crippen LogP contribution in [-0.4, -0.2) is 17.3 Å². The fourth-order valence-corrected chi connectivity index (χ4v) is 1.43. The Morgan fingerprint density at radius 3 is 2.23 bits per heavy atom. The van der Waals surface area contributed by atoms with Crippen molar-refractivity contribution < 1.29 is 4.74 Å². The Morgan fingerprint density at radius 2 is 1.77 bits per heavy atom. The minimum atomic E-state index is 0.330. The third-order valence-electron chi connectivity index (χ3n) is 2.18. The molecule has 0 saturated heterocycles. The molecule has 0 bridgehead atoms. The van der Waals surface area contributed by atoms with E-state index in [1.165, 1.54) is 11.4 Å². The number of ether oxygens (including phenoxy) is 1. The first kappa shape index (κ1) is 10.3. The molecule has 2 heteroatoms. The molecule has 0 saturated carbocycles. The van der Waals surface area contributed by atoms with Gasteiger partial charge in [-0.25, -0.2) is 0 Å². The van der Waals surface area contributed by atoms with Crippen LogP contribution in [0, 0.1) is 13.8 Å². The summed E-state index contributed by atoms with van der Waals surface area (Å²) in [5, 5.41) is 0. The van der Waals surface area contributed by atoms with Crippen LogP contribution in [0.3, 0.4) is 0 Å². The normalized spacial score (nSPS) is 11.2. The number of aromatic nitrogens is 1. The molecular weight excluding hydrogens is 162 g/mol. The molecule has 13 heavy (non-hydrogen) atoms. The average Bonchev–Trinajstić information content (AvgIpc) is 2.34. The second-order valence-corrected chi connectivity index (χ2v) is 3.69. The number of nitrogens with zero attached hydrogens (tertiary/aromatic N) is 1. The summed E-state index contributed by atoms with van der Waals surface area (Å²) in [6.07, 6.45) is 0.330. The molecule has 1 rings (SSSR count). The van der Waals surface area contributed by atoms with Crippen molar-refractivity contribution in [2.75, 3.05) is 6.61 Å². The van der Waals surface area contributed by atoms with Gasteiger partial charge in [-0.15, -0.1) is 0 Å². The molecule has 0 spiro atoms. The van der Waals surface area contributed by atoms with E-state index in [4.69, 9.17) is 4.74 Å². The molecule has 0 unspecified atom stereocenters. The van der Waals surface area contributed by atoms with Crippen molar-refractivity contribution in [3.63, 3.8) is 0 Å². The van der Waals surface area contributed by atoms with Gasteiger partial charge in [0.05, 0.1) is 12.7 Å². The second-order valence-electron chi connectivity index (χ2n) is 3.69. The molecule has 2 nitrogen and oxygen atoms in total. The summed E-state index contributed by atoms with van der Waals surface area (Å²) >= 11 is 0. The predicted molar refractivity (Wildman–Crippen MR) is 55.0 cm³/mol. The van der Waals surface area contributed by atoms with Crippen molar-refractivity contribution in [2.45, 2.75) is 40.3 Å². The Balaban J connectivity index is 2.44. The Hall–Kier alpha value is -0.760. The van der Waals surface area contributed by atoms with E-state index in [9.17, 15) is 0 Å². The Morgan fingerprint density at radius 1 is 1.23 bits per heavy atom. The van der Waals surface area contributed by atoms with E-state index in [1.807, 2.05) is 0 Å². The highest BCUT2D eigenvalue weighted by molar-refractivity contribution is 5.13. The van der Waals surface area contributed by atoms with E-state index >= 15 is 0 Å². The van der Waals surface area contributed by atoms with Gasteiger partial charge in [0.15, 0.2) is 0 Å². The van der Waals surface area contributed by atoms with E-state index in [0.29, 0.717) is 6.10 Å². The van der Waals surface area contributed by atoms with Crippen LogP contribution in [0.25, 0.3) is 0 Å². The quantitative estimate of drug-likeness (QED) is 0.696. The van der Waals surface area contributed by atoms with Crippen molar-refractivity contribution in [1.82, 2.24) is 4.57 Å². The number of hydrogen-bond acceptors (Lipinski definition) is 1. The van der Waals surface area contributed by atoms with Crippen LogP contribution in [0.1, 0.15) is 25.2 Å². The Bertz CT molecular complexity index is 244. The van der Waals surface area contributed by atoms with Gasteiger partial charge >= 0.3 is 0 Å². The van der Waals surface area contributed by atoms with E-state index in [1.54, 1.807) is 0 Å². The average molecular weight is 181 g/mol. The lowest BCUT2D eigenvalue weighted by Gasteiger charge is -2.11. The van der Waals surface area contributed by atoms with Gasteiger partial charge in [-0.2, -0.15) is 0 Å². The van der Waals surface area contributed by atoms with Gasteiger partial charge in [-0.1, -0.05) is 0 Å². The van der Waals surface area contributed by atoms with Crippen LogP contribution >= 0.6 is 0 Å². The summed E-state index contributed by atoms with van der Waals surface area (Å²) in [5.74, 6) is 0. The first-order valence-electron chi connectivity index (χ1n) is 4.85. The van der Waals surface area contributed by atoms with Crippen LogP contribution < -0.4 is 0 Å². The summed E-state index contributed by atoms with van der Waals surface area (Å²) in [6, 6.07) is 4.29. The third-order valence-corrected chi connectivity index (χ3v) is 2.18. The molecule has 0 N–H and O–H groups in total. The van der Waals surface area contributed by atoms with Crippen molar-refractivity contribution in [3.8, 4) is 0 Å². The zero-order valence-corrected chi connectivity index (χ0v) is 9.00. The van der Waals surface area contributed by atoms with E-state index in [2.05, 4.69) is 44.4 Å². The maximum atomic E-state index is 5.50. The minimum Gasteiger partial charge on any atom is -0.377 e. The van der Waals surface area contributed by atoms with Gasteiger partial charge in [0, 0.05) is 17.9 Å². The molecule has 0 aromatic carbocycles. The smallest absolute Gasteiger partial charge is 0.0649 e. The van der Waals surface area contributed by atoms with Crippen molar-refractivity contribution >= 4 is 0 Å². The molecule has 0 aliphatic rings. The monoisotopic (exact) mass is 181 g/mol. The number of aryl methyl sites for hydroxylation is 2. The molecule has 0 atom stereocenters. The standard InChI is InChI=1S/C11H19NO/c1-9(2)13-8-7-12-10(3)5-6-11(12)4/h5-6,9H,7-8H2,1-4H3. The lowest BCUT2D eigenvalue weighted by molar-refractivity contribution is 0.0722. The highest BCUT2D eigenvalue weighted by atomic mass is 16.5. The largest absolute Gasteiger partial charge is 0.377 e. The van der Waals surface area contributed by atoms with Crippen molar-refractivity contribution in [2.24, 2.45) is 0 Å². The zero-order chi connectivity index (χ0) is 9.84. The number of hydrogen-bond donors (Lipinski definition) is 0. The number of rotatable bonds is 4. The minimum absolute atomic E-state index is 0.330. The molecule has 1 heterocycles. The first-order chi connectivity index (χ1) is 6.11. The lowest BCUT2D eigenvalue weighted by Crippen LogP contribution is -2.12. The summed E-state index contributed by atoms with van der Waals surface area (Å²) in [5.41, 5.74) is 2.62. The third kappa shape index (κ3) is 2.88. The van der Waals surface area contributed by atoms with Crippen LogP contribution in [0.5, 0.6) is 0 Å².